The van der Waals surface area contributed by atoms with E-state index in [4.69, 9.17) is 31.3 Å². The molecule has 1 aromatic rings. The van der Waals surface area contributed by atoms with Crippen LogP contribution in [0.25, 0.3) is 0 Å². The lowest BCUT2D eigenvalue weighted by molar-refractivity contribution is -0.0812. The minimum Gasteiger partial charge on any atom is -0.497 e. The number of benzene rings is 1. The maximum Gasteiger partial charge on any atom is 0.200 e. The van der Waals surface area contributed by atoms with Gasteiger partial charge in [0.1, 0.15) is 17.6 Å². The molecular formula is C16H17N3O4S. The largest absolute Gasteiger partial charge is 0.497 e. The van der Waals surface area contributed by atoms with Crippen LogP contribution in [0.4, 0.5) is 0 Å². The Bertz CT molecular complexity index is 719. The third-order valence-corrected chi connectivity index (χ3v) is 4.35. The minimum atomic E-state index is -0.497. The van der Waals surface area contributed by atoms with Gasteiger partial charge in [0.05, 0.1) is 30.3 Å². The highest BCUT2D eigenvalue weighted by molar-refractivity contribution is 7.80. The molecule has 24 heavy (non-hydrogen) atoms. The number of ether oxygens (including phenoxy) is 3. The number of hydrogen-bond donors (Lipinski definition) is 1. The number of oxime groups is 1. The van der Waals surface area contributed by atoms with Gasteiger partial charge in [-0.1, -0.05) is 17.4 Å². The summed E-state index contributed by atoms with van der Waals surface area (Å²) in [6.45, 7) is 2.23. The second-order valence-corrected chi connectivity index (χ2v) is 6.41. The van der Waals surface area contributed by atoms with Crippen LogP contribution in [0, 0.1) is 5.92 Å². The first-order valence-corrected chi connectivity index (χ1v) is 8.07. The predicted octanol–water partition coefficient (Wildman–Crippen LogP) is 1.46. The third kappa shape index (κ3) is 2.56. The number of nitrogens with zero attached hydrogens (tertiary/aromatic N) is 2. The molecule has 0 spiro atoms. The van der Waals surface area contributed by atoms with Crippen molar-refractivity contribution < 1.29 is 19.0 Å². The van der Waals surface area contributed by atoms with Crippen molar-refractivity contribution in [2.24, 2.45) is 16.2 Å². The average Bonchev–Trinajstić information content (AvgIpc) is 3.21. The molecule has 2 bridgehead atoms. The third-order valence-electron chi connectivity index (χ3n) is 4.26. The molecule has 2 saturated heterocycles. The van der Waals surface area contributed by atoms with Crippen LogP contribution in [0.15, 0.2) is 34.5 Å². The monoisotopic (exact) mass is 347 g/mol. The minimum absolute atomic E-state index is 0.133. The van der Waals surface area contributed by atoms with Crippen LogP contribution in [0.5, 0.6) is 5.75 Å². The molecule has 8 heteroatoms. The van der Waals surface area contributed by atoms with Crippen LogP contribution in [0.3, 0.4) is 0 Å². The summed E-state index contributed by atoms with van der Waals surface area (Å²) < 4.78 is 16.7. The zero-order valence-electron chi connectivity index (χ0n) is 13.3. The van der Waals surface area contributed by atoms with Crippen LogP contribution in [-0.4, -0.2) is 48.6 Å². The SMILES string of the molecule is COc1ccc(C2=NO[C@@H]3[C@@H]4CO[C@H](O4)/C(=N/NC(C)=S)[C@H]23)cc1. The van der Waals surface area contributed by atoms with Crippen molar-refractivity contribution in [3.63, 3.8) is 0 Å². The average molecular weight is 347 g/mol. The maximum atomic E-state index is 5.82. The van der Waals surface area contributed by atoms with Gasteiger partial charge in [-0.3, -0.25) is 5.43 Å². The predicted molar refractivity (Wildman–Crippen MR) is 91.3 cm³/mol. The zero-order valence-corrected chi connectivity index (χ0v) is 14.1. The van der Waals surface area contributed by atoms with Crippen molar-refractivity contribution in [3.8, 4) is 5.75 Å². The second-order valence-electron chi connectivity index (χ2n) is 5.80. The van der Waals surface area contributed by atoms with E-state index in [1.807, 2.05) is 24.3 Å². The highest BCUT2D eigenvalue weighted by Crippen LogP contribution is 2.38. The molecule has 0 aromatic heterocycles. The summed E-state index contributed by atoms with van der Waals surface area (Å²) >= 11 is 5.04. The Balaban J connectivity index is 1.69. The fourth-order valence-corrected chi connectivity index (χ4v) is 3.18. The van der Waals surface area contributed by atoms with E-state index < -0.39 is 6.29 Å². The second kappa shape index (κ2) is 6.12. The number of methoxy groups -OCH3 is 1. The van der Waals surface area contributed by atoms with Gasteiger partial charge in [-0.2, -0.15) is 5.10 Å². The molecule has 126 valence electrons. The van der Waals surface area contributed by atoms with Gasteiger partial charge in [0, 0.05) is 5.56 Å². The number of hydrazone groups is 1. The molecule has 0 amide bonds. The summed E-state index contributed by atoms with van der Waals surface area (Å²) in [7, 11) is 1.64. The summed E-state index contributed by atoms with van der Waals surface area (Å²) in [5.74, 6) is 0.656. The molecule has 0 radical (unpaired) electrons. The summed E-state index contributed by atoms with van der Waals surface area (Å²) in [6, 6.07) is 7.70. The zero-order chi connectivity index (χ0) is 16.7. The van der Waals surface area contributed by atoms with E-state index in [9.17, 15) is 0 Å². The van der Waals surface area contributed by atoms with Gasteiger partial charge in [0.15, 0.2) is 12.4 Å². The standard InChI is InChI=1S/C16H17N3O4S/c1-8(24)17-18-14-12-13(9-3-5-10(20-2)6-4-9)19-23-15(12)11-7-21-16(14)22-11/h3-6,11-12,15-16H,7H2,1-2H3,(H,17,24)/b18-14+/t11-,12-,15+,16+/m0/s1. The molecule has 2 fully saturated rings. The smallest absolute Gasteiger partial charge is 0.200 e. The molecule has 3 aliphatic rings. The quantitative estimate of drug-likeness (QED) is 0.659. The number of rotatable bonds is 3. The fourth-order valence-electron chi connectivity index (χ4n) is 3.13. The van der Waals surface area contributed by atoms with Crippen LogP contribution < -0.4 is 10.2 Å². The number of hydrogen-bond acceptors (Lipinski definition) is 7. The molecule has 0 saturated carbocycles. The number of nitrogens with one attached hydrogen (secondary N) is 1. The first kappa shape index (κ1) is 15.5. The van der Waals surface area contributed by atoms with E-state index in [0.29, 0.717) is 17.3 Å². The van der Waals surface area contributed by atoms with Crippen LogP contribution in [0.1, 0.15) is 12.5 Å². The molecular weight excluding hydrogens is 330 g/mol. The maximum absolute atomic E-state index is 5.82. The number of thiocarbonyl (C=S) groups is 1. The Kier molecular flexibility index (Phi) is 3.95. The van der Waals surface area contributed by atoms with E-state index >= 15 is 0 Å². The van der Waals surface area contributed by atoms with Crippen LogP contribution in [-0.2, 0) is 14.3 Å². The molecule has 7 nitrogen and oxygen atoms in total. The summed E-state index contributed by atoms with van der Waals surface area (Å²) in [5, 5.41) is 8.70. The summed E-state index contributed by atoms with van der Waals surface area (Å²) in [4.78, 5) is 6.23. The summed E-state index contributed by atoms with van der Waals surface area (Å²) in [5.41, 5.74) is 5.30. The van der Waals surface area contributed by atoms with Crippen molar-refractivity contribution >= 4 is 28.6 Å². The van der Waals surface area contributed by atoms with Gasteiger partial charge >= 0.3 is 0 Å². The highest BCUT2D eigenvalue weighted by atomic mass is 32.1. The lowest BCUT2D eigenvalue weighted by atomic mass is 9.84. The Morgan fingerprint density at radius 3 is 2.88 bits per heavy atom. The van der Waals surface area contributed by atoms with Gasteiger partial charge in [0.2, 0.25) is 0 Å². The van der Waals surface area contributed by atoms with Gasteiger partial charge in [0.25, 0.3) is 0 Å². The molecule has 1 aromatic carbocycles. The van der Waals surface area contributed by atoms with Crippen LogP contribution >= 0.6 is 12.2 Å². The molecule has 3 heterocycles. The molecule has 4 rings (SSSR count). The Morgan fingerprint density at radius 1 is 1.38 bits per heavy atom. The summed E-state index contributed by atoms with van der Waals surface area (Å²) in [6.07, 6.45) is -0.887. The molecule has 1 N–H and O–H groups in total. The van der Waals surface area contributed by atoms with Crippen molar-refractivity contribution in [1.29, 1.82) is 0 Å². The molecule has 3 aliphatic heterocycles. The van der Waals surface area contributed by atoms with Crippen molar-refractivity contribution in [2.75, 3.05) is 13.7 Å². The van der Waals surface area contributed by atoms with Gasteiger partial charge < -0.3 is 19.0 Å². The van der Waals surface area contributed by atoms with Crippen molar-refractivity contribution in [2.45, 2.75) is 25.4 Å². The van der Waals surface area contributed by atoms with E-state index in [-0.39, 0.29) is 18.1 Å². The highest BCUT2D eigenvalue weighted by Gasteiger charge is 2.55. The Morgan fingerprint density at radius 2 is 2.17 bits per heavy atom. The van der Waals surface area contributed by atoms with Crippen molar-refractivity contribution in [3.05, 3.63) is 29.8 Å². The normalized spacial score (nSPS) is 32.1. The van der Waals surface area contributed by atoms with E-state index in [0.717, 1.165) is 17.0 Å². The van der Waals surface area contributed by atoms with E-state index in [2.05, 4.69) is 15.7 Å². The lowest BCUT2D eigenvalue weighted by Gasteiger charge is -2.30. The van der Waals surface area contributed by atoms with E-state index in [1.54, 1.807) is 14.0 Å². The van der Waals surface area contributed by atoms with Crippen LogP contribution in [0.2, 0.25) is 0 Å². The fraction of sp³-hybridized carbons (Fsp3) is 0.438. The topological polar surface area (TPSA) is 73.7 Å². The van der Waals surface area contributed by atoms with Gasteiger partial charge in [-0.25, -0.2) is 0 Å². The molecule has 0 aliphatic carbocycles. The van der Waals surface area contributed by atoms with Crippen molar-refractivity contribution in [1.82, 2.24) is 5.43 Å². The molecule has 4 atom stereocenters. The number of fused-ring (bicyclic) bond motifs is 4. The Labute approximate surface area is 144 Å². The Hall–Kier alpha value is -2.03. The molecule has 0 unspecified atom stereocenters. The first-order valence-electron chi connectivity index (χ1n) is 7.66. The first-order chi connectivity index (χ1) is 11.7. The van der Waals surface area contributed by atoms with Gasteiger partial charge in [-0.15, -0.1) is 0 Å². The van der Waals surface area contributed by atoms with E-state index in [1.165, 1.54) is 0 Å². The lowest BCUT2D eigenvalue weighted by Crippen LogP contribution is -2.49. The van der Waals surface area contributed by atoms with Gasteiger partial charge in [-0.05, 0) is 31.2 Å².